The van der Waals surface area contributed by atoms with E-state index in [1.807, 2.05) is 6.92 Å². The molecule has 1 fully saturated rings. The molecule has 0 atom stereocenters. The first kappa shape index (κ1) is 22.3. The number of amides is 3. The molecule has 3 amide bonds. The van der Waals surface area contributed by atoms with E-state index < -0.39 is 28.5 Å². The lowest BCUT2D eigenvalue weighted by Crippen LogP contribution is -2.36. The molecule has 1 saturated heterocycles. The molecule has 31 heavy (non-hydrogen) atoms. The number of nitrogens with zero attached hydrogens (tertiary/aromatic N) is 2. The molecule has 1 N–H and O–H groups in total. The maximum atomic E-state index is 12.6. The van der Waals surface area contributed by atoms with Crippen LogP contribution in [-0.2, 0) is 9.59 Å². The Kier molecular flexibility index (Phi) is 6.62. The second kappa shape index (κ2) is 9.19. The fourth-order valence-corrected chi connectivity index (χ4v) is 3.76. The molecule has 11 heteroatoms. The summed E-state index contributed by atoms with van der Waals surface area (Å²) in [6.07, 6.45) is 1.36. The molecule has 0 bridgehead atoms. The van der Waals surface area contributed by atoms with Crippen molar-refractivity contribution in [2.24, 2.45) is 0 Å². The Bertz CT molecular complexity index is 1130. The van der Waals surface area contributed by atoms with Gasteiger partial charge >= 0.3 is 5.69 Å². The van der Waals surface area contributed by atoms with Crippen LogP contribution in [0.2, 0.25) is 5.02 Å². The number of nitro groups is 1. The average Bonchev–Trinajstić information content (AvgIpc) is 2.98. The number of nitrogens with one attached hydrogen (secondary N) is 1. The van der Waals surface area contributed by atoms with Gasteiger partial charge in [0.1, 0.15) is 6.54 Å². The number of anilines is 1. The number of hydrogen-bond acceptors (Lipinski definition) is 7. The number of hydrogen-bond donors (Lipinski definition) is 1. The Morgan fingerprint density at radius 1 is 1.29 bits per heavy atom. The van der Waals surface area contributed by atoms with Crippen LogP contribution >= 0.6 is 23.4 Å². The van der Waals surface area contributed by atoms with Crippen LogP contribution in [0.25, 0.3) is 6.08 Å². The Morgan fingerprint density at radius 2 is 2.03 bits per heavy atom. The molecule has 9 nitrogen and oxygen atoms in total. The van der Waals surface area contributed by atoms with E-state index in [2.05, 4.69) is 5.32 Å². The van der Waals surface area contributed by atoms with Crippen molar-refractivity contribution < 1.29 is 24.0 Å². The van der Waals surface area contributed by atoms with Crippen LogP contribution < -0.4 is 10.1 Å². The van der Waals surface area contributed by atoms with Gasteiger partial charge in [-0.05, 0) is 54.1 Å². The molecule has 1 aliphatic rings. The molecule has 2 aromatic carbocycles. The van der Waals surface area contributed by atoms with E-state index in [-0.39, 0.29) is 16.3 Å². The maximum absolute atomic E-state index is 12.6. The van der Waals surface area contributed by atoms with E-state index in [4.69, 9.17) is 16.3 Å². The Morgan fingerprint density at radius 3 is 2.68 bits per heavy atom. The molecule has 1 aliphatic heterocycles. The van der Waals surface area contributed by atoms with Gasteiger partial charge in [0.05, 0.1) is 16.9 Å². The minimum absolute atomic E-state index is 0.0515. The van der Waals surface area contributed by atoms with Crippen LogP contribution in [0, 0.1) is 17.0 Å². The zero-order valence-electron chi connectivity index (χ0n) is 16.4. The van der Waals surface area contributed by atoms with Crippen LogP contribution in [0.15, 0.2) is 41.3 Å². The average molecular weight is 462 g/mol. The summed E-state index contributed by atoms with van der Waals surface area (Å²) < 4.78 is 4.94. The predicted octanol–water partition coefficient (Wildman–Crippen LogP) is 4.24. The topological polar surface area (TPSA) is 119 Å². The molecule has 0 saturated carbocycles. The van der Waals surface area contributed by atoms with Gasteiger partial charge in [-0.3, -0.25) is 29.4 Å². The lowest BCUT2D eigenvalue weighted by atomic mass is 10.1. The summed E-state index contributed by atoms with van der Waals surface area (Å²) in [6, 6.07) is 9.11. The summed E-state index contributed by atoms with van der Waals surface area (Å²) in [5.41, 5.74) is 1.35. The van der Waals surface area contributed by atoms with E-state index in [9.17, 15) is 24.5 Å². The van der Waals surface area contributed by atoms with E-state index >= 15 is 0 Å². The number of nitro benzene ring substituents is 1. The van der Waals surface area contributed by atoms with Gasteiger partial charge in [0.2, 0.25) is 5.91 Å². The van der Waals surface area contributed by atoms with Crippen molar-refractivity contribution in [2.45, 2.75) is 6.92 Å². The largest absolute Gasteiger partial charge is 0.490 e. The molecule has 0 aromatic heterocycles. The summed E-state index contributed by atoms with van der Waals surface area (Å²) >= 11 is 6.68. The third-order valence-corrected chi connectivity index (χ3v) is 5.64. The van der Waals surface area contributed by atoms with E-state index in [0.717, 1.165) is 10.5 Å². The summed E-state index contributed by atoms with van der Waals surface area (Å²) in [6.45, 7) is 1.34. The number of aryl methyl sites for hydroxylation is 1. The van der Waals surface area contributed by atoms with Crippen LogP contribution in [0.3, 0.4) is 0 Å². The molecule has 160 valence electrons. The van der Waals surface area contributed by atoms with E-state index in [1.54, 1.807) is 18.2 Å². The van der Waals surface area contributed by atoms with Crippen molar-refractivity contribution in [3.8, 4) is 5.75 Å². The highest BCUT2D eigenvalue weighted by Crippen LogP contribution is 2.34. The zero-order valence-corrected chi connectivity index (χ0v) is 18.0. The lowest BCUT2D eigenvalue weighted by Gasteiger charge is -2.13. The first-order valence-electron chi connectivity index (χ1n) is 8.83. The number of halogens is 1. The highest BCUT2D eigenvalue weighted by Gasteiger charge is 2.36. The number of benzene rings is 2. The van der Waals surface area contributed by atoms with Crippen LogP contribution in [0.1, 0.15) is 11.1 Å². The normalized spacial score (nSPS) is 14.8. The standard InChI is InChI=1S/C20H16ClN3O6S/c1-11-3-5-13(9-14(11)21)22-18(25)10-23-19(26)17(31-20(23)27)8-12-4-6-16(30-2)15(7-12)24(28)29/h3-9H,10H2,1-2H3,(H,22,25)/b17-8+. The Labute approximate surface area is 186 Å². The van der Waals surface area contributed by atoms with E-state index in [0.29, 0.717) is 28.0 Å². The number of carbonyl (C=O) groups excluding carboxylic acids is 3. The van der Waals surface area contributed by atoms with Crippen molar-refractivity contribution in [1.82, 2.24) is 4.90 Å². The van der Waals surface area contributed by atoms with Gasteiger partial charge < -0.3 is 10.1 Å². The van der Waals surface area contributed by atoms with Crippen molar-refractivity contribution in [3.63, 3.8) is 0 Å². The fraction of sp³-hybridized carbons (Fsp3) is 0.150. The smallest absolute Gasteiger partial charge is 0.311 e. The summed E-state index contributed by atoms with van der Waals surface area (Å²) in [5, 5.41) is 13.6. The number of methoxy groups -OCH3 is 1. The fourth-order valence-electron chi connectivity index (χ4n) is 2.74. The molecule has 1 heterocycles. The zero-order chi connectivity index (χ0) is 22.7. The highest BCUT2D eigenvalue weighted by atomic mass is 35.5. The van der Waals surface area contributed by atoms with Crippen molar-refractivity contribution in [1.29, 1.82) is 0 Å². The quantitative estimate of drug-likeness (QED) is 0.388. The van der Waals surface area contributed by atoms with E-state index in [1.165, 1.54) is 31.4 Å². The first-order valence-corrected chi connectivity index (χ1v) is 10.0. The van der Waals surface area contributed by atoms with Crippen molar-refractivity contribution >= 4 is 57.9 Å². The lowest BCUT2D eigenvalue weighted by molar-refractivity contribution is -0.385. The number of ether oxygens (including phenoxy) is 1. The summed E-state index contributed by atoms with van der Waals surface area (Å²) in [4.78, 5) is 48.6. The number of thioether (sulfide) groups is 1. The molecular formula is C20H16ClN3O6S. The minimum atomic E-state index is -0.662. The Hall–Kier alpha value is -3.37. The molecule has 0 spiro atoms. The monoisotopic (exact) mass is 461 g/mol. The number of imide groups is 1. The predicted molar refractivity (Wildman–Crippen MR) is 117 cm³/mol. The molecule has 2 aromatic rings. The van der Waals surface area contributed by atoms with Gasteiger partial charge in [-0.2, -0.15) is 0 Å². The summed E-state index contributed by atoms with van der Waals surface area (Å²) in [5.74, 6) is -1.16. The third kappa shape index (κ3) is 5.04. The van der Waals surface area contributed by atoms with Gasteiger partial charge in [-0.25, -0.2) is 0 Å². The van der Waals surface area contributed by atoms with Crippen LogP contribution in [-0.4, -0.2) is 40.5 Å². The number of carbonyl (C=O) groups is 3. The summed E-state index contributed by atoms with van der Waals surface area (Å²) in [7, 11) is 1.31. The van der Waals surface area contributed by atoms with Crippen molar-refractivity contribution in [3.05, 3.63) is 67.6 Å². The molecule has 0 aliphatic carbocycles. The van der Waals surface area contributed by atoms with Gasteiger partial charge in [-0.1, -0.05) is 23.7 Å². The van der Waals surface area contributed by atoms with Gasteiger partial charge in [-0.15, -0.1) is 0 Å². The van der Waals surface area contributed by atoms with Crippen LogP contribution in [0.5, 0.6) is 5.75 Å². The molecule has 0 unspecified atom stereocenters. The first-order chi connectivity index (χ1) is 14.7. The highest BCUT2D eigenvalue weighted by molar-refractivity contribution is 8.18. The van der Waals surface area contributed by atoms with Crippen LogP contribution in [0.4, 0.5) is 16.2 Å². The molecular weight excluding hydrogens is 446 g/mol. The second-order valence-corrected chi connectivity index (χ2v) is 7.87. The second-order valence-electron chi connectivity index (χ2n) is 6.47. The third-order valence-electron chi connectivity index (χ3n) is 4.33. The molecule has 3 rings (SSSR count). The molecule has 0 radical (unpaired) electrons. The maximum Gasteiger partial charge on any atom is 0.311 e. The van der Waals surface area contributed by atoms with Gasteiger partial charge in [0, 0.05) is 16.8 Å². The van der Waals surface area contributed by atoms with Gasteiger partial charge in [0.15, 0.2) is 5.75 Å². The van der Waals surface area contributed by atoms with Gasteiger partial charge in [0.25, 0.3) is 11.1 Å². The minimum Gasteiger partial charge on any atom is -0.490 e. The number of rotatable bonds is 6. The Balaban J connectivity index is 1.74. The SMILES string of the molecule is COc1ccc(/C=C2/SC(=O)N(CC(=O)Nc3ccc(C)c(Cl)c3)C2=O)cc1[N+](=O)[O-]. The van der Waals surface area contributed by atoms with Crippen molar-refractivity contribution in [2.75, 3.05) is 19.0 Å².